The predicted octanol–water partition coefficient (Wildman–Crippen LogP) is -0.870. The predicted molar refractivity (Wildman–Crippen MR) is 128 cm³/mol. The molecule has 1 heterocycles. The van der Waals surface area contributed by atoms with Crippen LogP contribution in [0.5, 0.6) is 0 Å². The van der Waals surface area contributed by atoms with Gasteiger partial charge in [0.25, 0.3) is 0 Å². The summed E-state index contributed by atoms with van der Waals surface area (Å²) in [4.78, 5) is 63.4. The number of rotatable bonds is 13. The number of carboxylic acid groups (broad SMARTS) is 1. The number of nitrogens with one attached hydrogen (secondary N) is 4. The van der Waals surface area contributed by atoms with Gasteiger partial charge in [-0.1, -0.05) is 32.0 Å². The van der Waals surface area contributed by atoms with Crippen LogP contribution < -0.4 is 27.4 Å². The zero-order chi connectivity index (χ0) is 26.1. The highest BCUT2D eigenvalue weighted by Crippen LogP contribution is 2.19. The second-order valence-electron chi connectivity index (χ2n) is 8.70. The lowest BCUT2D eigenvalue weighted by atomic mass is 10.0. The van der Waals surface area contributed by atoms with Crippen LogP contribution in [0.25, 0.3) is 10.9 Å². The topological polar surface area (TPSA) is 209 Å². The zero-order valence-electron chi connectivity index (χ0n) is 19.7. The highest BCUT2D eigenvalue weighted by atomic mass is 16.4. The molecule has 1 aromatic heterocycles. The van der Waals surface area contributed by atoms with Gasteiger partial charge in [-0.3, -0.25) is 24.0 Å². The number of hydrogen-bond donors (Lipinski definition) is 7. The number of carbonyl (C=O) groups is 5. The summed E-state index contributed by atoms with van der Waals surface area (Å²) in [7, 11) is 0. The Bertz CT molecular complexity index is 1080. The minimum absolute atomic E-state index is 0.00804. The number of hydrogen-bond acceptors (Lipinski definition) is 6. The van der Waals surface area contributed by atoms with Gasteiger partial charge < -0.3 is 37.5 Å². The van der Waals surface area contributed by atoms with Crippen LogP contribution >= 0.6 is 0 Å². The van der Waals surface area contributed by atoms with Gasteiger partial charge in [-0.15, -0.1) is 0 Å². The second-order valence-corrected chi connectivity index (χ2v) is 8.70. The van der Waals surface area contributed by atoms with E-state index in [0.29, 0.717) is 0 Å². The number of benzene rings is 1. The van der Waals surface area contributed by atoms with E-state index in [1.807, 2.05) is 38.1 Å². The summed E-state index contributed by atoms with van der Waals surface area (Å²) >= 11 is 0. The van der Waals surface area contributed by atoms with Gasteiger partial charge in [-0.05, 0) is 24.0 Å². The van der Waals surface area contributed by atoms with Gasteiger partial charge in [0.2, 0.25) is 23.6 Å². The monoisotopic (exact) mass is 488 g/mol. The fraction of sp³-hybridized carbons (Fsp3) is 0.435. The van der Waals surface area contributed by atoms with Crippen molar-refractivity contribution in [2.24, 2.45) is 17.4 Å². The van der Waals surface area contributed by atoms with Crippen LogP contribution in [0.2, 0.25) is 0 Å². The molecule has 12 heteroatoms. The number of carbonyl (C=O) groups excluding carboxylic acids is 4. The molecule has 0 aliphatic rings. The molecular weight excluding hydrogens is 456 g/mol. The van der Waals surface area contributed by atoms with Crippen molar-refractivity contribution >= 4 is 40.5 Å². The number of H-pyrrole nitrogens is 1. The first kappa shape index (κ1) is 27.3. The number of fused-ring (bicyclic) bond motifs is 1. The molecule has 12 nitrogen and oxygen atoms in total. The minimum atomic E-state index is -1.23. The number of aliphatic carboxylic acids is 1. The summed E-state index contributed by atoms with van der Waals surface area (Å²) in [6, 6.07) is 4.02. The van der Waals surface area contributed by atoms with Crippen molar-refractivity contribution in [3.05, 3.63) is 36.0 Å². The van der Waals surface area contributed by atoms with Crippen molar-refractivity contribution in [3.8, 4) is 0 Å². The number of nitrogens with two attached hydrogens (primary N) is 2. The van der Waals surface area contributed by atoms with Gasteiger partial charge in [0.15, 0.2) is 0 Å². The van der Waals surface area contributed by atoms with Crippen molar-refractivity contribution in [2.45, 2.75) is 51.2 Å². The maximum Gasteiger partial charge on any atom is 0.322 e. The molecule has 35 heavy (non-hydrogen) atoms. The van der Waals surface area contributed by atoms with E-state index in [2.05, 4.69) is 20.9 Å². The molecule has 0 aliphatic carbocycles. The molecule has 0 bridgehead atoms. The minimum Gasteiger partial charge on any atom is -0.480 e. The second kappa shape index (κ2) is 12.5. The number of carboxylic acids is 1. The van der Waals surface area contributed by atoms with E-state index in [1.165, 1.54) is 0 Å². The van der Waals surface area contributed by atoms with E-state index in [1.54, 1.807) is 6.20 Å². The van der Waals surface area contributed by atoms with Crippen molar-refractivity contribution in [2.75, 3.05) is 6.54 Å². The summed E-state index contributed by atoms with van der Waals surface area (Å²) < 4.78 is 0. The van der Waals surface area contributed by atoms with Crippen LogP contribution in [0.1, 0.15) is 32.3 Å². The molecule has 0 fully saturated rings. The van der Waals surface area contributed by atoms with Gasteiger partial charge in [0, 0.05) is 23.5 Å². The molecule has 9 N–H and O–H groups in total. The van der Waals surface area contributed by atoms with Gasteiger partial charge in [-0.2, -0.15) is 0 Å². The van der Waals surface area contributed by atoms with Gasteiger partial charge in [0.05, 0.1) is 12.5 Å². The average molecular weight is 489 g/mol. The largest absolute Gasteiger partial charge is 0.480 e. The molecule has 3 unspecified atom stereocenters. The Labute approximate surface area is 202 Å². The fourth-order valence-corrected chi connectivity index (χ4v) is 3.58. The lowest BCUT2D eigenvalue weighted by Gasteiger charge is -2.25. The van der Waals surface area contributed by atoms with Crippen molar-refractivity contribution in [3.63, 3.8) is 0 Å². The van der Waals surface area contributed by atoms with Crippen LogP contribution in [0.15, 0.2) is 30.5 Å². The molecule has 0 radical (unpaired) electrons. The number of amides is 4. The number of para-hydroxylation sites is 1. The Balaban J connectivity index is 2.23. The molecule has 0 saturated heterocycles. The third-order valence-electron chi connectivity index (χ3n) is 5.24. The van der Waals surface area contributed by atoms with E-state index in [9.17, 15) is 24.0 Å². The number of primary amides is 1. The standard InChI is InChI=1S/C23H32N6O6/c1-12(2)7-17(28-21(33)15(24)9-19(25)30)23(35)29-18(22(34)27-11-20(31)32)8-13-10-26-16-6-4-3-5-14(13)16/h3-6,10,12,15,17-18,26H,7-9,11,24H2,1-2H3,(H2,25,30)(H,27,34)(H,28,33)(H,29,35)(H,31,32). The first-order valence-corrected chi connectivity index (χ1v) is 11.2. The molecule has 4 amide bonds. The number of aromatic amines is 1. The third kappa shape index (κ3) is 8.41. The van der Waals surface area contributed by atoms with Crippen molar-refractivity contribution in [1.29, 1.82) is 0 Å². The molecule has 2 rings (SSSR count). The summed E-state index contributed by atoms with van der Waals surface area (Å²) in [6.45, 7) is 3.07. The van der Waals surface area contributed by atoms with E-state index in [-0.39, 0.29) is 25.2 Å². The fourth-order valence-electron chi connectivity index (χ4n) is 3.58. The lowest BCUT2D eigenvalue weighted by Crippen LogP contribution is -2.57. The Hall–Kier alpha value is -3.93. The summed E-state index contributed by atoms with van der Waals surface area (Å²) in [5.41, 5.74) is 12.4. The normalized spacial score (nSPS) is 13.6. The Kier molecular flexibility index (Phi) is 9.76. The van der Waals surface area contributed by atoms with E-state index in [0.717, 1.165) is 16.5 Å². The van der Waals surface area contributed by atoms with E-state index in [4.69, 9.17) is 16.6 Å². The summed E-state index contributed by atoms with van der Waals surface area (Å²) in [6.07, 6.45) is 1.63. The van der Waals surface area contributed by atoms with Crippen LogP contribution in [-0.2, 0) is 30.4 Å². The average Bonchev–Trinajstić information content (AvgIpc) is 3.18. The highest BCUT2D eigenvalue weighted by molar-refractivity contribution is 5.95. The van der Waals surface area contributed by atoms with Crippen LogP contribution in [0.4, 0.5) is 0 Å². The molecule has 0 saturated carbocycles. The van der Waals surface area contributed by atoms with Crippen LogP contribution in [-0.4, -0.2) is 64.4 Å². The smallest absolute Gasteiger partial charge is 0.322 e. The SMILES string of the molecule is CC(C)CC(NC(=O)C(N)CC(N)=O)C(=O)NC(Cc1c[nH]c2ccccc12)C(=O)NCC(=O)O. The molecular formula is C23H32N6O6. The summed E-state index contributed by atoms with van der Waals surface area (Å²) in [5.74, 6) is -4.06. The number of aromatic nitrogens is 1. The highest BCUT2D eigenvalue weighted by Gasteiger charge is 2.29. The van der Waals surface area contributed by atoms with E-state index < -0.39 is 54.3 Å². The first-order chi connectivity index (χ1) is 16.5. The zero-order valence-corrected chi connectivity index (χ0v) is 19.7. The first-order valence-electron chi connectivity index (χ1n) is 11.2. The van der Waals surface area contributed by atoms with Crippen LogP contribution in [0.3, 0.4) is 0 Å². The van der Waals surface area contributed by atoms with Crippen LogP contribution in [0, 0.1) is 5.92 Å². The Morgan fingerprint density at radius 3 is 2.29 bits per heavy atom. The molecule has 0 aliphatic heterocycles. The molecule has 0 spiro atoms. The molecule has 190 valence electrons. The molecule has 3 atom stereocenters. The van der Waals surface area contributed by atoms with Crippen molar-refractivity contribution in [1.82, 2.24) is 20.9 Å². The Morgan fingerprint density at radius 2 is 1.66 bits per heavy atom. The van der Waals surface area contributed by atoms with Gasteiger partial charge in [0.1, 0.15) is 18.6 Å². The van der Waals surface area contributed by atoms with Gasteiger partial charge >= 0.3 is 5.97 Å². The maximum absolute atomic E-state index is 13.1. The Morgan fingerprint density at radius 1 is 1.00 bits per heavy atom. The van der Waals surface area contributed by atoms with Crippen molar-refractivity contribution < 1.29 is 29.1 Å². The van der Waals surface area contributed by atoms with E-state index >= 15 is 0 Å². The molecule has 1 aromatic carbocycles. The quantitative estimate of drug-likeness (QED) is 0.189. The van der Waals surface area contributed by atoms with Gasteiger partial charge in [-0.25, -0.2) is 0 Å². The molecule has 2 aromatic rings. The lowest BCUT2D eigenvalue weighted by molar-refractivity contribution is -0.138. The maximum atomic E-state index is 13.1. The third-order valence-corrected chi connectivity index (χ3v) is 5.24. The summed E-state index contributed by atoms with van der Waals surface area (Å²) in [5, 5.41) is 17.2.